The maximum atomic E-state index is 5.42. The largest absolute Gasteiger partial charge is 0.497 e. The van der Waals surface area contributed by atoms with Gasteiger partial charge in [-0.25, -0.2) is 0 Å². The lowest BCUT2D eigenvalue weighted by Gasteiger charge is -2.21. The first-order valence-electron chi connectivity index (χ1n) is 11.1. The van der Waals surface area contributed by atoms with Crippen LogP contribution in [0.3, 0.4) is 0 Å². The highest BCUT2D eigenvalue weighted by molar-refractivity contribution is 5.84. The van der Waals surface area contributed by atoms with Gasteiger partial charge in [0.25, 0.3) is 0 Å². The topological polar surface area (TPSA) is 73.9 Å². The lowest BCUT2D eigenvalue weighted by atomic mass is 10.1. The van der Waals surface area contributed by atoms with Crippen molar-refractivity contribution in [3.8, 4) is 11.5 Å². The summed E-state index contributed by atoms with van der Waals surface area (Å²) in [6.45, 7) is 4.81. The van der Waals surface area contributed by atoms with Gasteiger partial charge in [-0.3, -0.25) is 4.99 Å². The second-order valence-corrected chi connectivity index (χ2v) is 8.26. The van der Waals surface area contributed by atoms with E-state index in [0.717, 1.165) is 55.6 Å². The first kappa shape index (κ1) is 21.9. The number of ether oxygens (including phenoxy) is 2. The third-order valence-electron chi connectivity index (χ3n) is 6.06. The van der Waals surface area contributed by atoms with Crippen LogP contribution in [-0.4, -0.2) is 57.9 Å². The van der Waals surface area contributed by atoms with Crippen molar-refractivity contribution in [2.45, 2.75) is 25.8 Å². The van der Waals surface area contributed by atoms with Crippen molar-refractivity contribution in [3.63, 3.8) is 0 Å². The van der Waals surface area contributed by atoms with Gasteiger partial charge in [-0.2, -0.15) is 0 Å². The Morgan fingerprint density at radius 3 is 2.66 bits per heavy atom. The molecule has 3 N–H and O–H groups in total. The predicted molar refractivity (Wildman–Crippen MR) is 131 cm³/mol. The molecule has 0 bridgehead atoms. The Hall–Kier alpha value is -3.35. The molecule has 1 atom stereocenters. The molecule has 1 aromatic heterocycles. The van der Waals surface area contributed by atoms with Gasteiger partial charge in [0.2, 0.25) is 0 Å². The number of guanidine groups is 1. The van der Waals surface area contributed by atoms with Gasteiger partial charge in [-0.15, -0.1) is 0 Å². The predicted octanol–water partition coefficient (Wildman–Crippen LogP) is 3.48. The highest BCUT2D eigenvalue weighted by atomic mass is 16.5. The smallest absolute Gasteiger partial charge is 0.191 e. The van der Waals surface area contributed by atoms with Crippen LogP contribution < -0.4 is 25.0 Å². The summed E-state index contributed by atoms with van der Waals surface area (Å²) in [6, 6.07) is 12.9. The van der Waals surface area contributed by atoms with Gasteiger partial charge in [0.05, 0.1) is 14.2 Å². The van der Waals surface area contributed by atoms with E-state index in [2.05, 4.69) is 69.0 Å². The number of methoxy groups -OCH3 is 2. The molecular formula is C25H33N5O2. The van der Waals surface area contributed by atoms with Crippen LogP contribution in [0.5, 0.6) is 11.5 Å². The van der Waals surface area contributed by atoms with Crippen molar-refractivity contribution >= 4 is 22.5 Å². The molecule has 1 fully saturated rings. The molecule has 7 nitrogen and oxygen atoms in total. The Labute approximate surface area is 189 Å². The third-order valence-corrected chi connectivity index (χ3v) is 6.06. The van der Waals surface area contributed by atoms with E-state index in [9.17, 15) is 0 Å². The maximum absolute atomic E-state index is 5.42. The van der Waals surface area contributed by atoms with E-state index in [0.29, 0.717) is 6.04 Å². The summed E-state index contributed by atoms with van der Waals surface area (Å²) in [4.78, 5) is 10.2. The molecular weight excluding hydrogens is 402 g/mol. The summed E-state index contributed by atoms with van der Waals surface area (Å²) >= 11 is 0. The minimum atomic E-state index is 0.328. The summed E-state index contributed by atoms with van der Waals surface area (Å²) < 4.78 is 10.8. The number of anilines is 1. The highest BCUT2D eigenvalue weighted by Gasteiger charge is 2.24. The molecule has 1 saturated heterocycles. The van der Waals surface area contributed by atoms with E-state index in [1.807, 2.05) is 13.1 Å². The summed E-state index contributed by atoms with van der Waals surface area (Å²) in [5, 5.41) is 8.33. The van der Waals surface area contributed by atoms with Gasteiger partial charge >= 0.3 is 0 Å². The first-order chi connectivity index (χ1) is 15.6. The van der Waals surface area contributed by atoms with E-state index in [4.69, 9.17) is 9.47 Å². The molecule has 4 rings (SSSR count). The first-order valence-corrected chi connectivity index (χ1v) is 11.1. The van der Waals surface area contributed by atoms with E-state index in [-0.39, 0.29) is 0 Å². The van der Waals surface area contributed by atoms with Crippen molar-refractivity contribution in [1.82, 2.24) is 15.6 Å². The number of aromatic nitrogens is 1. The Morgan fingerprint density at radius 1 is 1.16 bits per heavy atom. The molecule has 0 radical (unpaired) electrons. The minimum Gasteiger partial charge on any atom is -0.497 e. The second kappa shape index (κ2) is 9.85. The molecule has 3 aromatic rings. The van der Waals surface area contributed by atoms with Gasteiger partial charge < -0.3 is 30.0 Å². The number of fused-ring (bicyclic) bond motifs is 1. The average Bonchev–Trinajstić information content (AvgIpc) is 3.44. The molecule has 0 aliphatic carbocycles. The van der Waals surface area contributed by atoms with Gasteiger partial charge in [0, 0.05) is 73.7 Å². The number of H-pyrrole nitrogens is 1. The molecule has 1 unspecified atom stereocenters. The van der Waals surface area contributed by atoms with Crippen LogP contribution in [0, 0.1) is 6.92 Å². The molecule has 2 aromatic carbocycles. The molecule has 7 heteroatoms. The normalized spacial score (nSPS) is 16.4. The van der Waals surface area contributed by atoms with Crippen molar-refractivity contribution < 1.29 is 9.47 Å². The van der Waals surface area contributed by atoms with Crippen LogP contribution in [0.1, 0.15) is 17.5 Å². The van der Waals surface area contributed by atoms with Crippen LogP contribution in [0.4, 0.5) is 5.69 Å². The van der Waals surface area contributed by atoms with E-state index < -0.39 is 0 Å². The summed E-state index contributed by atoms with van der Waals surface area (Å²) in [7, 11) is 5.18. The molecule has 170 valence electrons. The van der Waals surface area contributed by atoms with Crippen LogP contribution in [0.25, 0.3) is 10.9 Å². The zero-order valence-electron chi connectivity index (χ0n) is 19.4. The quantitative estimate of drug-likeness (QED) is 0.391. The lowest BCUT2D eigenvalue weighted by Crippen LogP contribution is -2.45. The zero-order valence-corrected chi connectivity index (χ0v) is 19.4. The fourth-order valence-electron chi connectivity index (χ4n) is 4.30. The number of benzene rings is 2. The van der Waals surface area contributed by atoms with Crippen LogP contribution in [0.15, 0.2) is 47.6 Å². The van der Waals surface area contributed by atoms with E-state index in [1.165, 1.54) is 22.0 Å². The summed E-state index contributed by atoms with van der Waals surface area (Å²) in [5.74, 6) is 2.46. The number of nitrogens with zero attached hydrogens (tertiary/aromatic N) is 2. The van der Waals surface area contributed by atoms with Crippen LogP contribution >= 0.6 is 0 Å². The fourth-order valence-corrected chi connectivity index (χ4v) is 4.30. The molecule has 1 aliphatic rings. The van der Waals surface area contributed by atoms with Gasteiger partial charge in [0.15, 0.2) is 5.96 Å². The molecule has 1 aliphatic heterocycles. The Kier molecular flexibility index (Phi) is 6.73. The molecule has 0 spiro atoms. The Balaban J connectivity index is 1.31. The zero-order chi connectivity index (χ0) is 22.5. The minimum absolute atomic E-state index is 0.328. The number of aryl methyl sites for hydroxylation is 1. The summed E-state index contributed by atoms with van der Waals surface area (Å²) in [6.07, 6.45) is 4.09. The van der Waals surface area contributed by atoms with Gasteiger partial charge in [0.1, 0.15) is 11.5 Å². The van der Waals surface area contributed by atoms with Crippen molar-refractivity contribution in [3.05, 3.63) is 53.7 Å². The third kappa shape index (κ3) is 4.93. The molecule has 0 amide bonds. The number of hydrogen-bond donors (Lipinski definition) is 3. The van der Waals surface area contributed by atoms with E-state index >= 15 is 0 Å². The lowest BCUT2D eigenvalue weighted by molar-refractivity contribution is 0.394. The fraction of sp³-hybridized carbons (Fsp3) is 0.400. The van der Waals surface area contributed by atoms with Crippen molar-refractivity contribution in [1.29, 1.82) is 0 Å². The van der Waals surface area contributed by atoms with E-state index in [1.54, 1.807) is 14.2 Å². The van der Waals surface area contributed by atoms with Crippen LogP contribution in [0.2, 0.25) is 0 Å². The highest BCUT2D eigenvalue weighted by Crippen LogP contribution is 2.30. The van der Waals surface area contributed by atoms with Crippen LogP contribution in [-0.2, 0) is 6.42 Å². The summed E-state index contributed by atoms with van der Waals surface area (Å²) in [5.41, 5.74) is 4.90. The number of rotatable bonds is 7. The Morgan fingerprint density at radius 2 is 1.94 bits per heavy atom. The molecule has 0 saturated carbocycles. The standard InChI is InChI=1S/C25H33N5O2/c1-17-5-6-23-18(15-28-24(23)11-17)7-9-27-25(26-2)29-19-8-10-30(16-19)20-12-21(31-3)14-22(13-20)32-4/h5-6,11-15,19,28H,7-10,16H2,1-4H3,(H2,26,27,29). The maximum Gasteiger partial charge on any atom is 0.191 e. The number of nitrogens with one attached hydrogen (secondary N) is 3. The average molecular weight is 436 g/mol. The monoisotopic (exact) mass is 435 g/mol. The van der Waals surface area contributed by atoms with Crippen molar-refractivity contribution in [2.75, 3.05) is 45.8 Å². The number of hydrogen-bond acceptors (Lipinski definition) is 4. The van der Waals surface area contributed by atoms with Gasteiger partial charge in [-0.05, 0) is 37.0 Å². The van der Waals surface area contributed by atoms with Crippen molar-refractivity contribution in [2.24, 2.45) is 4.99 Å². The molecule has 2 heterocycles. The second-order valence-electron chi connectivity index (χ2n) is 8.26. The molecule has 32 heavy (non-hydrogen) atoms. The Bertz CT molecular complexity index is 1070. The van der Waals surface area contributed by atoms with Gasteiger partial charge in [-0.1, -0.05) is 12.1 Å². The number of aliphatic imine (C=N–C) groups is 1. The SMILES string of the molecule is CN=C(NCCc1c[nH]c2cc(C)ccc12)NC1CCN(c2cc(OC)cc(OC)c2)C1. The number of aromatic amines is 1.